The Kier molecular flexibility index (Phi) is 4.90. The molecular weight excluding hydrogens is 301 g/mol. The molecule has 0 heterocycles. The summed E-state index contributed by atoms with van der Waals surface area (Å²) in [4.78, 5) is 12.6. The second-order valence-corrected chi connectivity index (χ2v) is 5.44. The number of benzene rings is 2. The molecule has 0 saturated carbocycles. The van der Waals surface area contributed by atoms with Gasteiger partial charge in [0, 0.05) is 11.1 Å². The Hall–Kier alpha value is -2.54. The number of halogens is 3. The molecule has 0 saturated heterocycles. The fraction of sp³-hybridized carbons (Fsp3) is 0.211. The topological polar surface area (TPSA) is 17.1 Å². The van der Waals surface area contributed by atoms with Gasteiger partial charge < -0.3 is 0 Å². The summed E-state index contributed by atoms with van der Waals surface area (Å²) < 4.78 is 38.8. The third kappa shape index (κ3) is 4.72. The lowest BCUT2D eigenvalue weighted by Gasteiger charge is -2.23. The van der Waals surface area contributed by atoms with Gasteiger partial charge >= 0.3 is 6.18 Å². The molecule has 0 bridgehead atoms. The lowest BCUT2D eigenvalue weighted by atomic mass is 9.79. The number of alkyl halides is 3. The summed E-state index contributed by atoms with van der Waals surface area (Å²) in [5, 5.41) is 0. The van der Waals surface area contributed by atoms with Gasteiger partial charge in [-0.05, 0) is 19.1 Å². The Morgan fingerprint density at radius 2 is 1.48 bits per heavy atom. The number of carbonyl (C=O) groups excluding carboxylic acids is 1. The van der Waals surface area contributed by atoms with Crippen LogP contribution in [0, 0.1) is 17.3 Å². The number of carbonyl (C=O) groups is 1. The van der Waals surface area contributed by atoms with Gasteiger partial charge in [0.2, 0.25) is 0 Å². The average molecular weight is 316 g/mol. The van der Waals surface area contributed by atoms with Crippen molar-refractivity contribution in [2.75, 3.05) is 0 Å². The number of rotatable bonds is 3. The Balaban J connectivity index is 2.41. The molecule has 1 atom stereocenters. The zero-order valence-electron chi connectivity index (χ0n) is 12.5. The van der Waals surface area contributed by atoms with E-state index in [-0.39, 0.29) is 5.56 Å². The summed E-state index contributed by atoms with van der Waals surface area (Å²) in [6.07, 6.45) is -5.77. The van der Waals surface area contributed by atoms with Crippen molar-refractivity contribution in [3.63, 3.8) is 0 Å². The Morgan fingerprint density at radius 3 is 2.00 bits per heavy atom. The zero-order valence-corrected chi connectivity index (χ0v) is 12.5. The molecule has 1 unspecified atom stereocenters. The van der Waals surface area contributed by atoms with Crippen molar-refractivity contribution >= 4 is 5.78 Å². The van der Waals surface area contributed by atoms with E-state index in [1.165, 1.54) is 19.1 Å². The van der Waals surface area contributed by atoms with Gasteiger partial charge in [0.1, 0.15) is 5.41 Å². The maximum Gasteiger partial charge on any atom is 0.391 e. The number of hydrogen-bond acceptors (Lipinski definition) is 1. The molecule has 118 valence electrons. The van der Waals surface area contributed by atoms with Crippen molar-refractivity contribution < 1.29 is 18.0 Å². The van der Waals surface area contributed by atoms with E-state index < -0.39 is 23.8 Å². The molecule has 0 aromatic heterocycles. The highest BCUT2D eigenvalue weighted by molar-refractivity contribution is 6.02. The minimum absolute atomic E-state index is 0.224. The molecule has 0 radical (unpaired) electrons. The van der Waals surface area contributed by atoms with Gasteiger partial charge in [-0.1, -0.05) is 60.4 Å². The fourth-order valence-electron chi connectivity index (χ4n) is 2.22. The minimum Gasteiger partial charge on any atom is -0.292 e. The van der Waals surface area contributed by atoms with Crippen molar-refractivity contribution in [3.8, 4) is 11.8 Å². The van der Waals surface area contributed by atoms with E-state index >= 15 is 0 Å². The quantitative estimate of drug-likeness (QED) is 0.582. The fourth-order valence-corrected chi connectivity index (χ4v) is 2.22. The predicted molar refractivity (Wildman–Crippen MR) is 82.9 cm³/mol. The van der Waals surface area contributed by atoms with Crippen LogP contribution in [0.4, 0.5) is 13.2 Å². The summed E-state index contributed by atoms with van der Waals surface area (Å²) in [6, 6.07) is 16.6. The molecule has 0 fully saturated rings. The van der Waals surface area contributed by atoms with Crippen LogP contribution >= 0.6 is 0 Å². The van der Waals surface area contributed by atoms with Crippen molar-refractivity contribution in [1.82, 2.24) is 0 Å². The van der Waals surface area contributed by atoms with Crippen LogP contribution < -0.4 is 0 Å². The van der Waals surface area contributed by atoms with E-state index in [1.807, 2.05) is 0 Å². The number of Topliss-reactive ketones (excluding diaryl/α,β-unsaturated/α-hetero) is 1. The van der Waals surface area contributed by atoms with Crippen LogP contribution in [0.15, 0.2) is 60.7 Å². The molecule has 0 aliphatic rings. The highest BCUT2D eigenvalue weighted by Crippen LogP contribution is 2.35. The summed E-state index contributed by atoms with van der Waals surface area (Å²) in [5.74, 6) is 4.61. The van der Waals surface area contributed by atoms with Gasteiger partial charge in [0.15, 0.2) is 5.78 Å². The highest BCUT2D eigenvalue weighted by atomic mass is 19.4. The van der Waals surface area contributed by atoms with Crippen LogP contribution in [0.25, 0.3) is 0 Å². The van der Waals surface area contributed by atoms with Crippen LogP contribution in [0.2, 0.25) is 0 Å². The van der Waals surface area contributed by atoms with E-state index in [0.717, 1.165) is 0 Å². The maximum atomic E-state index is 12.9. The molecule has 0 spiro atoms. The van der Waals surface area contributed by atoms with E-state index in [0.29, 0.717) is 5.56 Å². The molecule has 0 N–H and O–H groups in total. The molecule has 2 aromatic rings. The van der Waals surface area contributed by atoms with Crippen LogP contribution in [-0.2, 0) is 0 Å². The second-order valence-electron chi connectivity index (χ2n) is 5.44. The van der Waals surface area contributed by atoms with Crippen LogP contribution in [0.5, 0.6) is 0 Å². The molecule has 0 aliphatic carbocycles. The summed E-state index contributed by atoms with van der Waals surface area (Å²) in [6.45, 7) is 1.24. The number of ketones is 1. The molecule has 2 aromatic carbocycles. The Labute approximate surface area is 133 Å². The summed E-state index contributed by atoms with van der Waals surface area (Å²) in [7, 11) is 0. The van der Waals surface area contributed by atoms with E-state index in [9.17, 15) is 18.0 Å². The van der Waals surface area contributed by atoms with E-state index in [4.69, 9.17) is 0 Å². The molecular formula is C19H15F3O. The van der Waals surface area contributed by atoms with E-state index in [2.05, 4.69) is 11.8 Å². The first-order valence-electron chi connectivity index (χ1n) is 7.05. The smallest absolute Gasteiger partial charge is 0.292 e. The molecule has 0 aliphatic heterocycles. The summed E-state index contributed by atoms with van der Waals surface area (Å²) in [5.41, 5.74) is -1.03. The van der Waals surface area contributed by atoms with Crippen molar-refractivity contribution in [1.29, 1.82) is 0 Å². The molecule has 1 nitrogen and oxygen atoms in total. The molecule has 2 rings (SSSR count). The van der Waals surface area contributed by atoms with Crippen molar-refractivity contribution in [2.45, 2.75) is 19.5 Å². The third-order valence-electron chi connectivity index (χ3n) is 3.35. The average Bonchev–Trinajstić information content (AvgIpc) is 2.52. The predicted octanol–water partition coefficient (Wildman–Crippen LogP) is 4.88. The normalized spacial score (nSPS) is 13.6. The van der Waals surface area contributed by atoms with Crippen LogP contribution in [0.3, 0.4) is 0 Å². The van der Waals surface area contributed by atoms with Crippen molar-refractivity contribution in [3.05, 3.63) is 71.8 Å². The van der Waals surface area contributed by atoms with Crippen LogP contribution in [-0.4, -0.2) is 12.0 Å². The molecule has 4 heteroatoms. The highest BCUT2D eigenvalue weighted by Gasteiger charge is 2.43. The van der Waals surface area contributed by atoms with Gasteiger partial charge in [0.25, 0.3) is 0 Å². The summed E-state index contributed by atoms with van der Waals surface area (Å²) >= 11 is 0. The van der Waals surface area contributed by atoms with Gasteiger partial charge in [-0.2, -0.15) is 13.2 Å². The monoisotopic (exact) mass is 316 g/mol. The lowest BCUT2D eigenvalue weighted by molar-refractivity contribution is -0.145. The SMILES string of the molecule is CC(C#Cc1ccccc1)(CC(F)(F)F)C(=O)c1ccccc1. The van der Waals surface area contributed by atoms with Gasteiger partial charge in [-0.15, -0.1) is 0 Å². The van der Waals surface area contributed by atoms with Crippen molar-refractivity contribution in [2.24, 2.45) is 5.41 Å². The largest absolute Gasteiger partial charge is 0.391 e. The lowest BCUT2D eigenvalue weighted by Crippen LogP contribution is -2.32. The molecule has 23 heavy (non-hydrogen) atoms. The van der Waals surface area contributed by atoms with E-state index in [1.54, 1.807) is 48.5 Å². The standard InChI is InChI=1S/C19H15F3O/c1-18(14-19(20,21)22,13-12-15-8-4-2-5-9-15)17(23)16-10-6-3-7-11-16/h2-11H,14H2,1H3. The molecule has 0 amide bonds. The van der Waals surface area contributed by atoms with Gasteiger partial charge in [0.05, 0.1) is 6.42 Å². The van der Waals surface area contributed by atoms with Gasteiger partial charge in [-0.25, -0.2) is 0 Å². The first-order valence-corrected chi connectivity index (χ1v) is 7.05. The minimum atomic E-state index is -4.48. The first kappa shape index (κ1) is 16.8. The third-order valence-corrected chi connectivity index (χ3v) is 3.35. The second kappa shape index (κ2) is 6.70. The Morgan fingerprint density at radius 1 is 0.957 bits per heavy atom. The van der Waals surface area contributed by atoms with Crippen LogP contribution in [0.1, 0.15) is 29.3 Å². The maximum absolute atomic E-state index is 12.9. The zero-order chi connectivity index (χ0) is 16.9. The van der Waals surface area contributed by atoms with Gasteiger partial charge in [-0.3, -0.25) is 4.79 Å². The number of hydrogen-bond donors (Lipinski definition) is 0. The Bertz CT molecular complexity index is 724. The first-order chi connectivity index (χ1) is 10.8.